The van der Waals surface area contributed by atoms with Crippen LogP contribution in [0.5, 0.6) is 0 Å². The summed E-state index contributed by atoms with van der Waals surface area (Å²) in [5, 5.41) is 9.94. The Labute approximate surface area is 84.4 Å². The molecule has 4 atom stereocenters. The molecule has 0 aromatic carbocycles. The highest BCUT2D eigenvalue weighted by Crippen LogP contribution is 2.53. The van der Waals surface area contributed by atoms with Gasteiger partial charge in [-0.2, -0.15) is 0 Å². The summed E-state index contributed by atoms with van der Waals surface area (Å²) >= 11 is 0. The molecule has 1 spiro atoms. The molecule has 2 aliphatic heterocycles. The van der Waals surface area contributed by atoms with Gasteiger partial charge in [-0.15, -0.1) is 0 Å². The van der Waals surface area contributed by atoms with E-state index >= 15 is 0 Å². The number of aliphatic hydroxyl groups is 1. The van der Waals surface area contributed by atoms with E-state index in [1.165, 1.54) is 19.3 Å². The number of aliphatic hydroxyl groups excluding tert-OH is 1. The van der Waals surface area contributed by atoms with Gasteiger partial charge in [-0.1, -0.05) is 12.8 Å². The van der Waals surface area contributed by atoms with Crippen LogP contribution in [-0.2, 0) is 9.47 Å². The van der Waals surface area contributed by atoms with Crippen molar-refractivity contribution in [1.29, 1.82) is 0 Å². The van der Waals surface area contributed by atoms with Crippen molar-refractivity contribution in [3.8, 4) is 0 Å². The Morgan fingerprint density at radius 1 is 1.36 bits per heavy atom. The second-order valence-electron chi connectivity index (χ2n) is 5.16. The van der Waals surface area contributed by atoms with E-state index in [4.69, 9.17) is 9.47 Å². The Balaban J connectivity index is 1.93. The number of ether oxygens (including phenoxy) is 2. The van der Waals surface area contributed by atoms with Gasteiger partial charge in [0.05, 0.1) is 12.2 Å². The fourth-order valence-corrected chi connectivity index (χ4v) is 3.34. The van der Waals surface area contributed by atoms with Crippen LogP contribution in [0.3, 0.4) is 0 Å². The lowest BCUT2D eigenvalue weighted by atomic mass is 9.74. The van der Waals surface area contributed by atoms with Gasteiger partial charge < -0.3 is 14.6 Å². The van der Waals surface area contributed by atoms with Gasteiger partial charge in [0, 0.05) is 12.3 Å². The van der Waals surface area contributed by atoms with Crippen molar-refractivity contribution in [3.63, 3.8) is 0 Å². The SMILES string of the molecule is C[C@]12OC[C@H]3CCCC[C@@]3(C[C@@H]1O)O2. The lowest BCUT2D eigenvalue weighted by Gasteiger charge is -2.46. The van der Waals surface area contributed by atoms with Crippen molar-refractivity contribution in [3.05, 3.63) is 0 Å². The fraction of sp³-hybridized carbons (Fsp3) is 1.00. The predicted molar refractivity (Wildman–Crippen MR) is 50.8 cm³/mol. The van der Waals surface area contributed by atoms with Crippen molar-refractivity contribution in [2.75, 3.05) is 6.61 Å². The van der Waals surface area contributed by atoms with E-state index in [1.54, 1.807) is 0 Å². The molecule has 0 aromatic rings. The van der Waals surface area contributed by atoms with E-state index in [0.29, 0.717) is 5.92 Å². The van der Waals surface area contributed by atoms with E-state index in [9.17, 15) is 5.11 Å². The van der Waals surface area contributed by atoms with Gasteiger partial charge in [-0.3, -0.25) is 0 Å². The number of fused-ring (bicyclic) bond motifs is 1. The maximum absolute atomic E-state index is 9.94. The second kappa shape index (κ2) is 2.71. The molecule has 2 saturated heterocycles. The third kappa shape index (κ3) is 1.03. The van der Waals surface area contributed by atoms with Gasteiger partial charge in [-0.25, -0.2) is 0 Å². The first-order valence-corrected chi connectivity index (χ1v) is 5.67. The van der Waals surface area contributed by atoms with Crippen LogP contribution in [0.25, 0.3) is 0 Å². The zero-order valence-electron chi connectivity index (χ0n) is 8.66. The van der Waals surface area contributed by atoms with E-state index in [1.807, 2.05) is 6.92 Å². The quantitative estimate of drug-likeness (QED) is 0.640. The van der Waals surface area contributed by atoms with Gasteiger partial charge in [-0.05, 0) is 19.8 Å². The van der Waals surface area contributed by atoms with Gasteiger partial charge >= 0.3 is 0 Å². The Kier molecular flexibility index (Phi) is 1.77. The maximum atomic E-state index is 9.94. The van der Waals surface area contributed by atoms with Crippen LogP contribution < -0.4 is 0 Å². The van der Waals surface area contributed by atoms with Crippen LogP contribution in [-0.4, -0.2) is 29.2 Å². The molecule has 0 amide bonds. The van der Waals surface area contributed by atoms with Crippen LogP contribution in [0, 0.1) is 5.92 Å². The number of rotatable bonds is 0. The smallest absolute Gasteiger partial charge is 0.192 e. The summed E-state index contributed by atoms with van der Waals surface area (Å²) in [6, 6.07) is 0. The molecule has 2 bridgehead atoms. The average molecular weight is 198 g/mol. The highest BCUT2D eigenvalue weighted by molar-refractivity contribution is 5.05. The van der Waals surface area contributed by atoms with E-state index < -0.39 is 11.9 Å². The molecule has 0 unspecified atom stereocenters. The number of hydrogen-bond donors (Lipinski definition) is 1. The van der Waals surface area contributed by atoms with Gasteiger partial charge in [0.15, 0.2) is 5.79 Å². The lowest BCUT2D eigenvalue weighted by Crippen LogP contribution is -2.51. The summed E-state index contributed by atoms with van der Waals surface area (Å²) in [4.78, 5) is 0. The first-order chi connectivity index (χ1) is 6.65. The summed E-state index contributed by atoms with van der Waals surface area (Å²) in [5.41, 5.74) is -0.0509. The van der Waals surface area contributed by atoms with Gasteiger partial charge in [0.2, 0.25) is 0 Å². The molecule has 14 heavy (non-hydrogen) atoms. The van der Waals surface area contributed by atoms with Crippen LogP contribution >= 0.6 is 0 Å². The molecule has 1 saturated carbocycles. The van der Waals surface area contributed by atoms with Crippen molar-refractivity contribution < 1.29 is 14.6 Å². The van der Waals surface area contributed by atoms with Gasteiger partial charge in [0.25, 0.3) is 0 Å². The highest BCUT2D eigenvalue weighted by atomic mass is 16.7. The normalized spacial score (nSPS) is 57.0. The van der Waals surface area contributed by atoms with Gasteiger partial charge in [0.1, 0.15) is 6.10 Å². The summed E-state index contributed by atoms with van der Waals surface area (Å²) in [6.07, 6.45) is 5.15. The molecule has 80 valence electrons. The van der Waals surface area contributed by atoms with Crippen molar-refractivity contribution in [1.82, 2.24) is 0 Å². The molecule has 3 fully saturated rings. The van der Waals surface area contributed by atoms with Crippen molar-refractivity contribution in [2.24, 2.45) is 5.92 Å². The summed E-state index contributed by atoms with van der Waals surface area (Å²) in [7, 11) is 0. The Hall–Kier alpha value is -0.120. The highest BCUT2D eigenvalue weighted by Gasteiger charge is 2.61. The molecule has 1 aliphatic carbocycles. The summed E-state index contributed by atoms with van der Waals surface area (Å²) < 4.78 is 11.7. The minimum Gasteiger partial charge on any atom is -0.387 e. The van der Waals surface area contributed by atoms with Crippen LogP contribution in [0.1, 0.15) is 39.0 Å². The zero-order valence-corrected chi connectivity index (χ0v) is 8.66. The molecule has 3 aliphatic rings. The number of hydrogen-bond acceptors (Lipinski definition) is 3. The molecule has 3 heteroatoms. The Morgan fingerprint density at radius 3 is 3.07 bits per heavy atom. The molecule has 3 nitrogen and oxygen atoms in total. The molecular formula is C11H18O3. The Morgan fingerprint density at radius 2 is 2.21 bits per heavy atom. The molecule has 3 rings (SSSR count). The maximum Gasteiger partial charge on any atom is 0.192 e. The summed E-state index contributed by atoms with van der Waals surface area (Å²) in [5.74, 6) is -0.199. The molecule has 0 aromatic heterocycles. The largest absolute Gasteiger partial charge is 0.387 e. The van der Waals surface area contributed by atoms with Crippen LogP contribution in [0.15, 0.2) is 0 Å². The standard InChI is InChI=1S/C11H18O3/c1-10-9(12)6-11(14-10)5-3-2-4-8(11)7-13-10/h8-9,12H,2-7H2,1H3/t8-,9+,10-,11+/m1/s1. The van der Waals surface area contributed by atoms with Crippen LogP contribution in [0.2, 0.25) is 0 Å². The minimum absolute atomic E-state index is 0.0509. The van der Waals surface area contributed by atoms with E-state index in [-0.39, 0.29) is 5.60 Å². The summed E-state index contributed by atoms with van der Waals surface area (Å²) in [6.45, 7) is 2.64. The minimum atomic E-state index is -0.714. The zero-order chi connectivity index (χ0) is 9.81. The first kappa shape index (κ1) is 9.13. The van der Waals surface area contributed by atoms with Crippen LogP contribution in [0.4, 0.5) is 0 Å². The molecular weight excluding hydrogens is 180 g/mol. The predicted octanol–water partition coefficient (Wildman–Crippen LogP) is 1.44. The molecule has 0 radical (unpaired) electrons. The average Bonchev–Trinajstić information content (AvgIpc) is 2.34. The topological polar surface area (TPSA) is 38.7 Å². The second-order valence-corrected chi connectivity index (χ2v) is 5.16. The lowest BCUT2D eigenvalue weighted by molar-refractivity contribution is -0.322. The first-order valence-electron chi connectivity index (χ1n) is 5.67. The Bertz CT molecular complexity index is 255. The third-order valence-corrected chi connectivity index (χ3v) is 4.27. The molecule has 1 N–H and O–H groups in total. The monoisotopic (exact) mass is 198 g/mol. The fourth-order valence-electron chi connectivity index (χ4n) is 3.34. The molecule has 2 heterocycles. The van der Waals surface area contributed by atoms with E-state index in [2.05, 4.69) is 0 Å². The third-order valence-electron chi connectivity index (χ3n) is 4.27. The van der Waals surface area contributed by atoms with E-state index in [0.717, 1.165) is 19.4 Å². The van der Waals surface area contributed by atoms with Crippen molar-refractivity contribution >= 4 is 0 Å². The van der Waals surface area contributed by atoms with Crippen molar-refractivity contribution in [2.45, 2.75) is 56.5 Å².